The molecule has 5 nitrogen and oxygen atoms in total. The van der Waals surface area contributed by atoms with Gasteiger partial charge in [-0.25, -0.2) is 4.39 Å². The van der Waals surface area contributed by atoms with Crippen LogP contribution in [0, 0.1) is 5.82 Å². The number of benzene rings is 2. The van der Waals surface area contributed by atoms with Gasteiger partial charge in [0, 0.05) is 43.2 Å². The highest BCUT2D eigenvalue weighted by Gasteiger charge is 2.15. The van der Waals surface area contributed by atoms with E-state index in [0.717, 1.165) is 43.2 Å². The van der Waals surface area contributed by atoms with Gasteiger partial charge in [0.05, 0.1) is 6.21 Å². The molecule has 1 aliphatic rings. The van der Waals surface area contributed by atoms with E-state index in [1.807, 2.05) is 36.4 Å². The van der Waals surface area contributed by atoms with Crippen molar-refractivity contribution in [3.8, 4) is 0 Å². The van der Waals surface area contributed by atoms with Crippen LogP contribution in [0.5, 0.6) is 0 Å². The number of rotatable bonds is 5. The summed E-state index contributed by atoms with van der Waals surface area (Å²) in [4.78, 5) is 4.46. The van der Waals surface area contributed by atoms with E-state index in [1.165, 1.54) is 18.0 Å². The third-order valence-electron chi connectivity index (χ3n) is 4.44. The molecule has 0 spiro atoms. The first-order valence-electron chi connectivity index (χ1n) is 8.88. The molecule has 3 rings (SSSR count). The van der Waals surface area contributed by atoms with Crippen molar-refractivity contribution in [1.29, 1.82) is 0 Å². The minimum absolute atomic E-state index is 0.305. The number of nitrogens with two attached hydrogens (primary N) is 1. The Labute approximate surface area is 163 Å². The lowest BCUT2D eigenvalue weighted by Gasteiger charge is -2.34. The molecule has 0 atom stereocenters. The third kappa shape index (κ3) is 5.80. The first-order chi connectivity index (χ1) is 13.1. The number of piperazine rings is 1. The normalized spacial score (nSPS) is 16.2. The van der Waals surface area contributed by atoms with Gasteiger partial charge in [0.25, 0.3) is 0 Å². The lowest BCUT2D eigenvalue weighted by Crippen LogP contribution is -2.44. The van der Waals surface area contributed by atoms with Crippen LogP contribution < -0.4 is 10.6 Å². The van der Waals surface area contributed by atoms with E-state index in [1.54, 1.807) is 12.1 Å². The number of hydrogen-bond donors (Lipinski definition) is 1. The Balaban J connectivity index is 1.56. The molecule has 0 bridgehead atoms. The lowest BCUT2D eigenvalue weighted by molar-refractivity contribution is 0.313. The molecule has 1 saturated heterocycles. The SMILES string of the molecule is CN1CCN(c2ccc(C=NN=C(N)SCc3ccccc3)c(F)c2)CC1. The standard InChI is InChI=1S/C20H24FN5S/c1-25-9-11-26(12-10-25)18-8-7-17(19(21)13-18)14-23-24-20(22)27-15-16-5-3-2-4-6-16/h2-8,13-14H,9-12,15H2,1H3,(H2,22,24). The molecule has 0 aliphatic carbocycles. The van der Waals surface area contributed by atoms with E-state index in [4.69, 9.17) is 5.73 Å². The number of hydrogen-bond acceptors (Lipinski definition) is 5. The molecular weight excluding hydrogens is 361 g/mol. The largest absolute Gasteiger partial charge is 0.377 e. The smallest absolute Gasteiger partial charge is 0.180 e. The summed E-state index contributed by atoms with van der Waals surface area (Å²) in [7, 11) is 2.10. The van der Waals surface area contributed by atoms with Gasteiger partial charge in [-0.05, 0) is 30.8 Å². The summed E-state index contributed by atoms with van der Waals surface area (Å²) in [6, 6.07) is 15.2. The zero-order valence-electron chi connectivity index (χ0n) is 15.4. The third-order valence-corrected chi connectivity index (χ3v) is 5.29. The number of amidine groups is 1. The fourth-order valence-corrected chi connectivity index (χ4v) is 3.40. The van der Waals surface area contributed by atoms with E-state index in [0.29, 0.717) is 10.7 Å². The number of anilines is 1. The van der Waals surface area contributed by atoms with Crippen LogP contribution >= 0.6 is 11.8 Å². The second kappa shape index (κ2) is 9.53. The summed E-state index contributed by atoms with van der Waals surface area (Å²) in [6.07, 6.45) is 1.40. The van der Waals surface area contributed by atoms with E-state index in [9.17, 15) is 4.39 Å². The van der Waals surface area contributed by atoms with E-state index < -0.39 is 0 Å². The van der Waals surface area contributed by atoms with Gasteiger partial charge in [-0.3, -0.25) is 0 Å². The van der Waals surface area contributed by atoms with Crippen molar-refractivity contribution in [3.05, 3.63) is 65.5 Å². The highest BCUT2D eigenvalue weighted by Crippen LogP contribution is 2.19. The number of nitrogens with zero attached hydrogens (tertiary/aromatic N) is 4. The Kier molecular flexibility index (Phi) is 6.84. The first kappa shape index (κ1) is 19.4. The van der Waals surface area contributed by atoms with Gasteiger partial charge >= 0.3 is 0 Å². The minimum Gasteiger partial charge on any atom is -0.377 e. The predicted octanol–water partition coefficient (Wildman–Crippen LogP) is 3.16. The topological polar surface area (TPSA) is 57.2 Å². The number of likely N-dealkylation sites (N-methyl/N-ethyl adjacent to an activating group) is 1. The van der Waals surface area contributed by atoms with Crippen molar-refractivity contribution < 1.29 is 4.39 Å². The van der Waals surface area contributed by atoms with Crippen LogP contribution in [0.2, 0.25) is 0 Å². The number of halogens is 1. The Morgan fingerprint density at radius 2 is 1.89 bits per heavy atom. The van der Waals surface area contributed by atoms with Gasteiger partial charge < -0.3 is 15.5 Å². The zero-order chi connectivity index (χ0) is 19.1. The molecule has 1 heterocycles. The molecule has 0 radical (unpaired) electrons. The Morgan fingerprint density at radius 3 is 2.59 bits per heavy atom. The average Bonchev–Trinajstić information content (AvgIpc) is 2.69. The van der Waals surface area contributed by atoms with Crippen LogP contribution in [-0.4, -0.2) is 49.5 Å². The summed E-state index contributed by atoms with van der Waals surface area (Å²) in [5, 5.41) is 8.22. The van der Waals surface area contributed by atoms with Crippen LogP contribution in [-0.2, 0) is 5.75 Å². The molecule has 1 fully saturated rings. The summed E-state index contributed by atoms with van der Waals surface area (Å²) >= 11 is 1.40. The molecule has 27 heavy (non-hydrogen) atoms. The summed E-state index contributed by atoms with van der Waals surface area (Å²) in [5.41, 5.74) is 8.32. The molecular formula is C20H24FN5S. The quantitative estimate of drug-likeness (QED) is 0.488. The van der Waals surface area contributed by atoms with Gasteiger partial charge in [0.15, 0.2) is 5.17 Å². The molecule has 0 saturated carbocycles. The maximum absolute atomic E-state index is 14.4. The number of thioether (sulfide) groups is 1. The van der Waals surface area contributed by atoms with Gasteiger partial charge in [-0.15, -0.1) is 5.10 Å². The van der Waals surface area contributed by atoms with Gasteiger partial charge in [0.2, 0.25) is 0 Å². The van der Waals surface area contributed by atoms with E-state index in [2.05, 4.69) is 27.1 Å². The van der Waals surface area contributed by atoms with Crippen molar-refractivity contribution in [1.82, 2.24) is 4.90 Å². The maximum Gasteiger partial charge on any atom is 0.180 e. The fraction of sp³-hybridized carbons (Fsp3) is 0.300. The first-order valence-corrected chi connectivity index (χ1v) is 9.86. The van der Waals surface area contributed by atoms with Crippen LogP contribution in [0.1, 0.15) is 11.1 Å². The maximum atomic E-state index is 14.4. The molecule has 7 heteroatoms. The molecule has 0 amide bonds. The van der Waals surface area contributed by atoms with Gasteiger partial charge in [-0.1, -0.05) is 42.1 Å². The summed E-state index contributed by atoms with van der Waals surface area (Å²) in [5.74, 6) is 0.417. The van der Waals surface area contributed by atoms with E-state index >= 15 is 0 Å². The van der Waals surface area contributed by atoms with Crippen molar-refractivity contribution >= 4 is 28.8 Å². The summed E-state index contributed by atoms with van der Waals surface area (Å²) in [6.45, 7) is 3.78. The van der Waals surface area contributed by atoms with E-state index in [-0.39, 0.29) is 5.82 Å². The van der Waals surface area contributed by atoms with Crippen LogP contribution in [0.3, 0.4) is 0 Å². The molecule has 1 aliphatic heterocycles. The zero-order valence-corrected chi connectivity index (χ0v) is 16.2. The highest BCUT2D eigenvalue weighted by molar-refractivity contribution is 8.13. The highest BCUT2D eigenvalue weighted by atomic mass is 32.2. The van der Waals surface area contributed by atoms with Crippen molar-refractivity contribution in [2.24, 2.45) is 15.9 Å². The van der Waals surface area contributed by atoms with Gasteiger partial charge in [0.1, 0.15) is 5.82 Å². The molecule has 0 unspecified atom stereocenters. The molecule has 2 aromatic carbocycles. The lowest BCUT2D eigenvalue weighted by atomic mass is 10.2. The second-order valence-electron chi connectivity index (χ2n) is 6.45. The molecule has 2 aromatic rings. The van der Waals surface area contributed by atoms with Crippen molar-refractivity contribution in [2.75, 3.05) is 38.1 Å². The van der Waals surface area contributed by atoms with Crippen LogP contribution in [0.15, 0.2) is 58.7 Å². The Hall–Kier alpha value is -2.38. The molecule has 0 aromatic heterocycles. The minimum atomic E-state index is -0.305. The predicted molar refractivity (Wildman–Crippen MR) is 113 cm³/mol. The summed E-state index contributed by atoms with van der Waals surface area (Å²) < 4.78 is 14.4. The Morgan fingerprint density at radius 1 is 1.15 bits per heavy atom. The van der Waals surface area contributed by atoms with Crippen molar-refractivity contribution in [3.63, 3.8) is 0 Å². The van der Waals surface area contributed by atoms with Gasteiger partial charge in [-0.2, -0.15) is 5.10 Å². The second-order valence-corrected chi connectivity index (χ2v) is 7.45. The van der Waals surface area contributed by atoms with Crippen LogP contribution in [0.25, 0.3) is 0 Å². The molecule has 142 valence electrons. The monoisotopic (exact) mass is 385 g/mol. The van der Waals surface area contributed by atoms with Crippen molar-refractivity contribution in [2.45, 2.75) is 5.75 Å². The van der Waals surface area contributed by atoms with Crippen LogP contribution in [0.4, 0.5) is 10.1 Å². The fourth-order valence-electron chi connectivity index (χ4n) is 2.79. The molecule has 2 N–H and O–H groups in total. The Bertz CT molecular complexity index is 801. The average molecular weight is 386 g/mol.